The molecule has 1 fully saturated rings. The number of ketones is 1. The van der Waals surface area contributed by atoms with E-state index in [4.69, 9.17) is 0 Å². The van der Waals surface area contributed by atoms with Crippen LogP contribution in [0.4, 0.5) is 4.79 Å². The van der Waals surface area contributed by atoms with E-state index in [0.717, 1.165) is 51.9 Å². The van der Waals surface area contributed by atoms with Gasteiger partial charge in [0.25, 0.3) is 0 Å². The summed E-state index contributed by atoms with van der Waals surface area (Å²) in [5, 5.41) is 4.46. The minimum absolute atomic E-state index is 0.0320. The Labute approximate surface area is 210 Å². The molecule has 1 unspecified atom stereocenters. The Balaban J connectivity index is 1.49. The SMILES string of the molecule is CCCN1C[C@H](CN(CCCN(C)CC(C)=O)C(=O)NCC)C[C@@H]2c3cccc4[nH]cc(c34)CC21. The molecule has 1 aromatic heterocycles. The van der Waals surface area contributed by atoms with Crippen molar-refractivity contribution in [3.8, 4) is 0 Å². The van der Waals surface area contributed by atoms with Gasteiger partial charge in [0.15, 0.2) is 0 Å². The first-order valence-corrected chi connectivity index (χ1v) is 13.4. The van der Waals surface area contributed by atoms with Gasteiger partial charge in [-0.15, -0.1) is 0 Å². The van der Waals surface area contributed by atoms with Crippen LogP contribution in [0.15, 0.2) is 24.4 Å². The number of urea groups is 1. The van der Waals surface area contributed by atoms with E-state index in [2.05, 4.69) is 46.5 Å². The fourth-order valence-corrected chi connectivity index (χ4v) is 6.42. The van der Waals surface area contributed by atoms with Crippen molar-refractivity contribution < 1.29 is 9.59 Å². The molecule has 2 N–H and O–H groups in total. The number of piperidine rings is 1. The number of aromatic nitrogens is 1. The van der Waals surface area contributed by atoms with Crippen LogP contribution >= 0.6 is 0 Å². The summed E-state index contributed by atoms with van der Waals surface area (Å²) < 4.78 is 0. The number of amides is 2. The Morgan fingerprint density at radius 2 is 2.06 bits per heavy atom. The van der Waals surface area contributed by atoms with E-state index in [0.29, 0.717) is 37.5 Å². The number of fused-ring (bicyclic) bond motifs is 2. The standard InChI is InChI=1S/C28H43N5O2/c1-5-11-32-18-21(19-33(28(35)29-6-2)13-8-12-31(4)17-20(3)34)14-24-23-9-7-10-25-27(23)22(16-30-25)15-26(24)32/h7,9-10,16,21,24,26,30H,5-6,8,11-15,17-19H2,1-4H3,(H,29,35)/t21-,24-,26?/m1/s1. The highest BCUT2D eigenvalue weighted by molar-refractivity contribution is 5.88. The van der Waals surface area contributed by atoms with Gasteiger partial charge in [0, 0.05) is 55.2 Å². The summed E-state index contributed by atoms with van der Waals surface area (Å²) in [6.45, 7) is 11.4. The van der Waals surface area contributed by atoms with Crippen molar-refractivity contribution in [3.63, 3.8) is 0 Å². The lowest BCUT2D eigenvalue weighted by atomic mass is 9.72. The lowest BCUT2D eigenvalue weighted by Crippen LogP contribution is -2.53. The maximum atomic E-state index is 13.0. The predicted molar refractivity (Wildman–Crippen MR) is 142 cm³/mol. The summed E-state index contributed by atoms with van der Waals surface area (Å²) in [7, 11) is 1.97. The number of Topliss-reactive ketones (excluding diaryl/α,β-unsaturated/α-hetero) is 1. The molecule has 7 nitrogen and oxygen atoms in total. The van der Waals surface area contributed by atoms with Gasteiger partial charge in [-0.3, -0.25) is 14.6 Å². The summed E-state index contributed by atoms with van der Waals surface area (Å²) in [5.74, 6) is 1.12. The van der Waals surface area contributed by atoms with Crippen LogP contribution in [0.1, 0.15) is 57.1 Å². The van der Waals surface area contributed by atoms with Crippen molar-refractivity contribution in [1.82, 2.24) is 25.0 Å². The molecule has 4 rings (SSSR count). The highest BCUT2D eigenvalue weighted by Crippen LogP contribution is 2.44. The topological polar surface area (TPSA) is 71.7 Å². The maximum absolute atomic E-state index is 13.0. The Kier molecular flexibility index (Phi) is 8.50. The molecule has 2 aliphatic rings. The fraction of sp³-hybridized carbons (Fsp3) is 0.643. The van der Waals surface area contributed by atoms with E-state index in [9.17, 15) is 9.59 Å². The summed E-state index contributed by atoms with van der Waals surface area (Å²) in [6, 6.07) is 7.28. The molecule has 7 heteroatoms. The monoisotopic (exact) mass is 481 g/mol. The van der Waals surface area contributed by atoms with Gasteiger partial charge in [-0.05, 0) is 82.8 Å². The zero-order valence-corrected chi connectivity index (χ0v) is 22.0. The molecular formula is C28H43N5O2. The molecule has 0 spiro atoms. The average molecular weight is 482 g/mol. The minimum Gasteiger partial charge on any atom is -0.361 e. The van der Waals surface area contributed by atoms with E-state index in [1.165, 1.54) is 22.0 Å². The zero-order valence-electron chi connectivity index (χ0n) is 22.0. The molecule has 1 aromatic carbocycles. The van der Waals surface area contributed by atoms with Crippen molar-refractivity contribution in [2.45, 2.75) is 58.4 Å². The van der Waals surface area contributed by atoms with Gasteiger partial charge in [-0.2, -0.15) is 0 Å². The van der Waals surface area contributed by atoms with Gasteiger partial charge in [0.2, 0.25) is 0 Å². The summed E-state index contributed by atoms with van der Waals surface area (Å²) in [6.07, 6.45) is 6.44. The van der Waals surface area contributed by atoms with Crippen molar-refractivity contribution in [2.75, 3.05) is 52.9 Å². The number of likely N-dealkylation sites (tertiary alicyclic amines) is 1. The van der Waals surface area contributed by atoms with Crippen LogP contribution in [0.3, 0.4) is 0 Å². The van der Waals surface area contributed by atoms with Gasteiger partial charge in [-0.25, -0.2) is 4.79 Å². The molecule has 1 saturated heterocycles. The van der Waals surface area contributed by atoms with Crippen LogP contribution in [0.5, 0.6) is 0 Å². The highest BCUT2D eigenvalue weighted by Gasteiger charge is 2.41. The molecule has 0 bridgehead atoms. The third-order valence-electron chi connectivity index (χ3n) is 7.73. The van der Waals surface area contributed by atoms with Crippen molar-refractivity contribution >= 4 is 22.7 Å². The van der Waals surface area contributed by atoms with Crippen molar-refractivity contribution in [1.29, 1.82) is 0 Å². The lowest BCUT2D eigenvalue weighted by Gasteiger charge is -2.48. The Morgan fingerprint density at radius 1 is 1.23 bits per heavy atom. The van der Waals surface area contributed by atoms with Gasteiger partial charge in [0.05, 0.1) is 6.54 Å². The summed E-state index contributed by atoms with van der Waals surface area (Å²) >= 11 is 0. The third kappa shape index (κ3) is 5.89. The van der Waals surface area contributed by atoms with Crippen LogP contribution in [-0.2, 0) is 11.2 Å². The maximum Gasteiger partial charge on any atom is 0.317 e. The molecule has 1 aliphatic heterocycles. The second-order valence-corrected chi connectivity index (χ2v) is 10.6. The number of hydrogen-bond acceptors (Lipinski definition) is 4. The lowest BCUT2D eigenvalue weighted by molar-refractivity contribution is -0.117. The molecule has 2 aromatic rings. The Bertz CT molecular complexity index is 1020. The van der Waals surface area contributed by atoms with Crippen LogP contribution < -0.4 is 5.32 Å². The van der Waals surface area contributed by atoms with Gasteiger partial charge in [0.1, 0.15) is 5.78 Å². The first-order chi connectivity index (χ1) is 16.9. The molecule has 3 atom stereocenters. The van der Waals surface area contributed by atoms with E-state index >= 15 is 0 Å². The molecule has 2 heterocycles. The number of rotatable bonds is 11. The number of nitrogens with one attached hydrogen (secondary N) is 2. The normalized spacial score (nSPS) is 21.8. The fourth-order valence-electron chi connectivity index (χ4n) is 6.42. The van der Waals surface area contributed by atoms with E-state index in [1.807, 2.05) is 23.8 Å². The number of likely N-dealkylation sites (N-methyl/N-ethyl adjacent to an activating group) is 1. The van der Waals surface area contributed by atoms with Crippen LogP contribution in [-0.4, -0.2) is 90.4 Å². The summed E-state index contributed by atoms with van der Waals surface area (Å²) in [4.78, 5) is 34.6. The largest absolute Gasteiger partial charge is 0.361 e. The van der Waals surface area contributed by atoms with Gasteiger partial charge in [-0.1, -0.05) is 19.1 Å². The first kappa shape index (κ1) is 25.7. The average Bonchev–Trinajstić information content (AvgIpc) is 3.23. The van der Waals surface area contributed by atoms with E-state index in [-0.39, 0.29) is 11.8 Å². The molecule has 1 aliphatic carbocycles. The van der Waals surface area contributed by atoms with Crippen molar-refractivity contribution in [2.24, 2.45) is 5.92 Å². The first-order valence-electron chi connectivity index (χ1n) is 13.4. The zero-order chi connectivity index (χ0) is 24.9. The summed E-state index contributed by atoms with van der Waals surface area (Å²) in [5.41, 5.74) is 4.19. The Morgan fingerprint density at radius 3 is 2.80 bits per heavy atom. The minimum atomic E-state index is 0.0320. The third-order valence-corrected chi connectivity index (χ3v) is 7.73. The second kappa shape index (κ2) is 11.6. The van der Waals surface area contributed by atoms with Crippen LogP contribution in [0.2, 0.25) is 0 Å². The number of benzene rings is 1. The van der Waals surface area contributed by atoms with Crippen molar-refractivity contribution in [3.05, 3.63) is 35.5 Å². The second-order valence-electron chi connectivity index (χ2n) is 10.6. The smallest absolute Gasteiger partial charge is 0.317 e. The number of hydrogen-bond donors (Lipinski definition) is 2. The number of carbonyl (C=O) groups is 2. The molecule has 35 heavy (non-hydrogen) atoms. The number of nitrogens with zero attached hydrogens (tertiary/aromatic N) is 3. The Hall–Kier alpha value is -2.38. The molecule has 192 valence electrons. The molecule has 0 saturated carbocycles. The number of aromatic amines is 1. The van der Waals surface area contributed by atoms with Crippen LogP contribution in [0.25, 0.3) is 10.9 Å². The van der Waals surface area contributed by atoms with Gasteiger partial charge < -0.3 is 15.2 Å². The molecular weight excluding hydrogens is 438 g/mol. The predicted octanol–water partition coefficient (Wildman–Crippen LogP) is 3.85. The molecule has 0 radical (unpaired) electrons. The quantitative estimate of drug-likeness (QED) is 0.511. The number of carbonyl (C=O) groups excluding carboxylic acids is 2. The van der Waals surface area contributed by atoms with E-state index in [1.54, 1.807) is 6.92 Å². The number of H-pyrrole nitrogens is 1. The van der Waals surface area contributed by atoms with Gasteiger partial charge >= 0.3 is 6.03 Å². The highest BCUT2D eigenvalue weighted by atomic mass is 16.2. The molecule has 2 amide bonds. The van der Waals surface area contributed by atoms with Crippen LogP contribution in [0, 0.1) is 5.92 Å². The van der Waals surface area contributed by atoms with E-state index < -0.39 is 0 Å².